The normalized spacial score (nSPS) is 28.0. The molecule has 25 heavy (non-hydrogen) atoms. The number of hydrogen-bond acceptors (Lipinski definition) is 3. The molecule has 0 radical (unpaired) electrons. The molecule has 138 valence electrons. The zero-order valence-electron chi connectivity index (χ0n) is 15.1. The van der Waals surface area contributed by atoms with Crippen molar-refractivity contribution in [1.82, 2.24) is 4.90 Å². The van der Waals surface area contributed by atoms with Crippen LogP contribution < -0.4 is 0 Å². The molecule has 3 atom stereocenters. The molecule has 4 nitrogen and oxygen atoms in total. The maximum Gasteiger partial charge on any atom is 0.410 e. The molecule has 0 aromatic heterocycles. The van der Waals surface area contributed by atoms with E-state index in [1.807, 2.05) is 45.9 Å². The number of amides is 1. The van der Waals surface area contributed by atoms with Crippen molar-refractivity contribution in [2.75, 3.05) is 26.3 Å². The number of rotatable bonds is 4. The highest BCUT2D eigenvalue weighted by molar-refractivity contribution is 6.42. The van der Waals surface area contributed by atoms with Gasteiger partial charge in [0.1, 0.15) is 5.60 Å². The lowest BCUT2D eigenvalue weighted by Crippen LogP contribution is -2.39. The second kappa shape index (κ2) is 6.64. The molecule has 2 fully saturated rings. The number of nitrogens with zero attached hydrogens (tertiary/aromatic N) is 1. The highest BCUT2D eigenvalue weighted by atomic mass is 35.5. The van der Waals surface area contributed by atoms with Gasteiger partial charge >= 0.3 is 6.09 Å². The number of piperidine rings is 1. The van der Waals surface area contributed by atoms with Gasteiger partial charge in [0.15, 0.2) is 0 Å². The highest BCUT2D eigenvalue weighted by Crippen LogP contribution is 2.64. The van der Waals surface area contributed by atoms with E-state index in [1.54, 1.807) is 4.90 Å². The summed E-state index contributed by atoms with van der Waals surface area (Å²) in [5.74, 6) is 0.757. The first-order valence-electron chi connectivity index (χ1n) is 8.70. The largest absolute Gasteiger partial charge is 0.444 e. The minimum atomic E-state index is -0.495. The summed E-state index contributed by atoms with van der Waals surface area (Å²) in [5, 5.41) is 1.09. The number of carbonyl (C=O) groups excluding carboxylic acids is 1. The molecule has 1 aliphatic carbocycles. The number of ether oxygens (including phenoxy) is 2. The van der Waals surface area contributed by atoms with Crippen LogP contribution in [0.1, 0.15) is 33.3 Å². The summed E-state index contributed by atoms with van der Waals surface area (Å²) in [7, 11) is 0. The number of carbonyl (C=O) groups is 1. The third-order valence-corrected chi connectivity index (χ3v) is 5.92. The van der Waals surface area contributed by atoms with Crippen LogP contribution in [0.2, 0.25) is 10.0 Å². The van der Waals surface area contributed by atoms with Gasteiger partial charge in [0, 0.05) is 25.1 Å². The van der Waals surface area contributed by atoms with Crippen molar-refractivity contribution in [3.05, 3.63) is 33.8 Å². The molecule has 0 unspecified atom stereocenters. The topological polar surface area (TPSA) is 38.8 Å². The van der Waals surface area contributed by atoms with Gasteiger partial charge in [0.2, 0.25) is 0 Å². The Kier molecular flexibility index (Phi) is 5.00. The summed E-state index contributed by atoms with van der Waals surface area (Å²) < 4.78 is 11.2. The van der Waals surface area contributed by atoms with Gasteiger partial charge in [-0.15, -0.1) is 0 Å². The fourth-order valence-corrected chi connectivity index (χ4v) is 4.33. The van der Waals surface area contributed by atoms with Crippen LogP contribution in [-0.2, 0) is 14.9 Å². The zero-order valence-corrected chi connectivity index (χ0v) is 16.7. The molecule has 6 heteroatoms. The minimum Gasteiger partial charge on any atom is -0.444 e. The summed E-state index contributed by atoms with van der Waals surface area (Å²) in [4.78, 5) is 14.3. The zero-order chi connectivity index (χ0) is 18.4. The van der Waals surface area contributed by atoms with Crippen LogP contribution in [0, 0.1) is 11.8 Å². The van der Waals surface area contributed by atoms with E-state index in [9.17, 15) is 4.79 Å². The molecule has 3 rings (SSSR count). The minimum absolute atomic E-state index is 0.111. The predicted molar refractivity (Wildman–Crippen MR) is 99.4 cm³/mol. The quantitative estimate of drug-likeness (QED) is 0.749. The molecule has 0 N–H and O–H groups in total. The first kappa shape index (κ1) is 18.8. The number of fused-ring (bicyclic) bond motifs is 1. The highest BCUT2D eigenvalue weighted by Gasteiger charge is 2.70. The third kappa shape index (κ3) is 3.49. The van der Waals surface area contributed by atoms with Crippen molar-refractivity contribution in [1.29, 1.82) is 0 Å². The number of halogens is 2. The van der Waals surface area contributed by atoms with E-state index >= 15 is 0 Å². The first-order valence-corrected chi connectivity index (χ1v) is 9.46. The second-order valence-corrected chi connectivity index (χ2v) is 8.72. The van der Waals surface area contributed by atoms with Crippen molar-refractivity contribution in [3.8, 4) is 0 Å². The Morgan fingerprint density at radius 1 is 1.32 bits per heavy atom. The van der Waals surface area contributed by atoms with Crippen molar-refractivity contribution in [2.24, 2.45) is 11.8 Å². The summed E-state index contributed by atoms with van der Waals surface area (Å²) in [6.45, 7) is 10.4. The van der Waals surface area contributed by atoms with E-state index in [0.29, 0.717) is 48.2 Å². The van der Waals surface area contributed by atoms with Crippen LogP contribution >= 0.6 is 23.2 Å². The van der Waals surface area contributed by atoms with Crippen LogP contribution in [0.4, 0.5) is 4.79 Å². The molecule has 1 aliphatic heterocycles. The molecule has 1 aromatic rings. The van der Waals surface area contributed by atoms with E-state index in [2.05, 4.69) is 0 Å². The lowest BCUT2D eigenvalue weighted by atomic mass is 9.93. The molecule has 1 amide bonds. The van der Waals surface area contributed by atoms with Crippen molar-refractivity contribution >= 4 is 29.3 Å². The van der Waals surface area contributed by atoms with Gasteiger partial charge in [-0.3, -0.25) is 0 Å². The van der Waals surface area contributed by atoms with Gasteiger partial charge in [0.05, 0.1) is 16.7 Å². The SMILES string of the molecule is CCOC[C@@H]1[C@H]2CN(C(=O)OC(C)(C)C)C[C@@]12c1ccc(Cl)c(Cl)c1. The summed E-state index contributed by atoms with van der Waals surface area (Å²) in [5.41, 5.74) is 0.522. The van der Waals surface area contributed by atoms with E-state index in [1.165, 1.54) is 0 Å². The molecule has 1 aromatic carbocycles. The van der Waals surface area contributed by atoms with Crippen LogP contribution in [0.3, 0.4) is 0 Å². The summed E-state index contributed by atoms with van der Waals surface area (Å²) >= 11 is 12.3. The fraction of sp³-hybridized carbons (Fsp3) is 0.632. The lowest BCUT2D eigenvalue weighted by Gasteiger charge is -2.28. The van der Waals surface area contributed by atoms with Crippen LogP contribution in [0.15, 0.2) is 18.2 Å². The van der Waals surface area contributed by atoms with Crippen LogP contribution in [0.5, 0.6) is 0 Å². The van der Waals surface area contributed by atoms with E-state index in [4.69, 9.17) is 32.7 Å². The van der Waals surface area contributed by atoms with Crippen molar-refractivity contribution in [3.63, 3.8) is 0 Å². The van der Waals surface area contributed by atoms with Gasteiger partial charge in [-0.2, -0.15) is 0 Å². The summed E-state index contributed by atoms with van der Waals surface area (Å²) in [6.07, 6.45) is -0.255. The number of benzene rings is 1. The molecule has 1 saturated carbocycles. The maximum atomic E-state index is 12.5. The maximum absolute atomic E-state index is 12.5. The fourth-order valence-electron chi connectivity index (χ4n) is 4.03. The molecule has 0 bridgehead atoms. The number of likely N-dealkylation sites (tertiary alicyclic amines) is 1. The molecule has 1 heterocycles. The Labute approximate surface area is 159 Å². The molecule has 1 saturated heterocycles. The Morgan fingerprint density at radius 3 is 2.64 bits per heavy atom. The average Bonchev–Trinajstić information content (AvgIpc) is 2.92. The van der Waals surface area contributed by atoms with Crippen LogP contribution in [0.25, 0.3) is 0 Å². The van der Waals surface area contributed by atoms with Gasteiger partial charge < -0.3 is 14.4 Å². The third-order valence-electron chi connectivity index (χ3n) is 5.18. The van der Waals surface area contributed by atoms with Crippen LogP contribution in [-0.4, -0.2) is 42.9 Å². The lowest BCUT2D eigenvalue weighted by molar-refractivity contribution is 0.0244. The van der Waals surface area contributed by atoms with Gasteiger partial charge in [0.25, 0.3) is 0 Å². The molecule has 0 spiro atoms. The first-order chi connectivity index (χ1) is 11.7. The average molecular weight is 386 g/mol. The Bertz CT molecular complexity index is 673. The Balaban J connectivity index is 1.82. The molecule has 2 aliphatic rings. The molecular weight excluding hydrogens is 361 g/mol. The molecular formula is C19H25Cl2NO3. The Morgan fingerprint density at radius 2 is 2.04 bits per heavy atom. The Hall–Kier alpha value is -0.970. The standard InChI is InChI=1S/C19H25Cl2NO3/c1-5-24-10-14-13-9-22(17(23)25-18(2,3)4)11-19(13,14)12-6-7-15(20)16(21)8-12/h6-8,13-14H,5,9-11H2,1-4H3/t13-,14-,19+/m1/s1. The number of hydrogen-bond donors (Lipinski definition) is 0. The van der Waals surface area contributed by atoms with E-state index in [-0.39, 0.29) is 11.5 Å². The van der Waals surface area contributed by atoms with E-state index in [0.717, 1.165) is 5.56 Å². The van der Waals surface area contributed by atoms with Gasteiger partial charge in [-0.25, -0.2) is 4.79 Å². The monoisotopic (exact) mass is 385 g/mol. The predicted octanol–water partition coefficient (Wildman–Crippen LogP) is 4.76. The van der Waals surface area contributed by atoms with Gasteiger partial charge in [-0.05, 0) is 57.2 Å². The van der Waals surface area contributed by atoms with E-state index < -0.39 is 5.60 Å². The van der Waals surface area contributed by atoms with Gasteiger partial charge in [-0.1, -0.05) is 29.3 Å². The van der Waals surface area contributed by atoms with Crippen molar-refractivity contribution < 1.29 is 14.3 Å². The second-order valence-electron chi connectivity index (χ2n) is 7.90. The summed E-state index contributed by atoms with van der Waals surface area (Å²) in [6, 6.07) is 5.78. The van der Waals surface area contributed by atoms with Crippen molar-refractivity contribution in [2.45, 2.75) is 38.7 Å². The smallest absolute Gasteiger partial charge is 0.410 e.